The lowest BCUT2D eigenvalue weighted by atomic mass is 9.95. The van der Waals surface area contributed by atoms with Crippen LogP contribution in [-0.2, 0) is 4.79 Å². The largest absolute Gasteiger partial charge is 0.352 e. The average molecular weight is 295 g/mol. The normalized spacial score (nSPS) is 23.4. The summed E-state index contributed by atoms with van der Waals surface area (Å²) >= 11 is 0. The SMILES string of the molecule is CC(C)CNC(=O)N1CCCC1C(=O)NC1CCCCC1. The fourth-order valence-corrected chi connectivity index (χ4v) is 3.22. The summed E-state index contributed by atoms with van der Waals surface area (Å²) in [6.07, 6.45) is 7.55. The van der Waals surface area contributed by atoms with E-state index in [1.54, 1.807) is 4.90 Å². The van der Waals surface area contributed by atoms with E-state index in [1.165, 1.54) is 19.3 Å². The van der Waals surface area contributed by atoms with Crippen LogP contribution in [0.3, 0.4) is 0 Å². The second-order valence-electron chi connectivity index (χ2n) is 6.77. The highest BCUT2D eigenvalue weighted by Crippen LogP contribution is 2.21. The molecule has 2 N–H and O–H groups in total. The number of nitrogens with zero attached hydrogens (tertiary/aromatic N) is 1. The highest BCUT2D eigenvalue weighted by molar-refractivity contribution is 5.87. The third-order valence-electron chi connectivity index (χ3n) is 4.43. The van der Waals surface area contributed by atoms with Gasteiger partial charge in [0.2, 0.25) is 5.91 Å². The summed E-state index contributed by atoms with van der Waals surface area (Å²) in [4.78, 5) is 26.3. The first kappa shape index (κ1) is 16.1. The number of amides is 3. The molecule has 0 aromatic heterocycles. The van der Waals surface area contributed by atoms with Gasteiger partial charge in [0, 0.05) is 19.1 Å². The first-order valence-corrected chi connectivity index (χ1v) is 8.42. The number of hydrogen-bond acceptors (Lipinski definition) is 2. The van der Waals surface area contributed by atoms with Gasteiger partial charge < -0.3 is 15.5 Å². The Labute approximate surface area is 127 Å². The summed E-state index contributed by atoms with van der Waals surface area (Å²) in [5.74, 6) is 0.463. The van der Waals surface area contributed by atoms with Gasteiger partial charge in [-0.2, -0.15) is 0 Å². The summed E-state index contributed by atoms with van der Waals surface area (Å²) in [5, 5.41) is 6.07. The second-order valence-corrected chi connectivity index (χ2v) is 6.77. The van der Waals surface area contributed by atoms with E-state index in [9.17, 15) is 9.59 Å². The monoisotopic (exact) mass is 295 g/mol. The van der Waals surface area contributed by atoms with Crippen LogP contribution in [-0.4, -0.2) is 42.0 Å². The lowest BCUT2D eigenvalue weighted by molar-refractivity contribution is -0.125. The Morgan fingerprint density at radius 3 is 2.48 bits per heavy atom. The molecular formula is C16H29N3O2. The molecule has 2 aliphatic rings. The molecule has 1 heterocycles. The van der Waals surface area contributed by atoms with Gasteiger partial charge in [-0.05, 0) is 31.6 Å². The molecule has 2 fully saturated rings. The van der Waals surface area contributed by atoms with Gasteiger partial charge in [0.05, 0.1) is 0 Å². The number of hydrogen-bond donors (Lipinski definition) is 2. The van der Waals surface area contributed by atoms with Crippen LogP contribution in [0.4, 0.5) is 4.79 Å². The van der Waals surface area contributed by atoms with Gasteiger partial charge >= 0.3 is 6.03 Å². The van der Waals surface area contributed by atoms with Gasteiger partial charge in [0.25, 0.3) is 0 Å². The van der Waals surface area contributed by atoms with E-state index in [0.29, 0.717) is 25.0 Å². The molecular weight excluding hydrogens is 266 g/mol. The van der Waals surface area contributed by atoms with Crippen molar-refractivity contribution in [3.8, 4) is 0 Å². The van der Waals surface area contributed by atoms with Crippen LogP contribution >= 0.6 is 0 Å². The van der Waals surface area contributed by atoms with Crippen molar-refractivity contribution in [3.05, 3.63) is 0 Å². The van der Waals surface area contributed by atoms with Crippen LogP contribution in [0.25, 0.3) is 0 Å². The molecule has 1 aliphatic heterocycles. The molecule has 3 amide bonds. The molecule has 5 nitrogen and oxygen atoms in total. The molecule has 0 aromatic rings. The van der Waals surface area contributed by atoms with Gasteiger partial charge in [0.1, 0.15) is 6.04 Å². The Balaban J connectivity index is 1.85. The minimum Gasteiger partial charge on any atom is -0.352 e. The van der Waals surface area contributed by atoms with Gasteiger partial charge in [-0.25, -0.2) is 4.79 Å². The third kappa shape index (κ3) is 4.61. The van der Waals surface area contributed by atoms with Crippen molar-refractivity contribution in [1.29, 1.82) is 0 Å². The van der Waals surface area contributed by atoms with Crippen molar-refractivity contribution in [1.82, 2.24) is 15.5 Å². The molecule has 0 spiro atoms. The van der Waals surface area contributed by atoms with E-state index in [4.69, 9.17) is 0 Å². The van der Waals surface area contributed by atoms with Gasteiger partial charge in [0.15, 0.2) is 0 Å². The van der Waals surface area contributed by atoms with E-state index in [2.05, 4.69) is 24.5 Å². The quantitative estimate of drug-likeness (QED) is 0.836. The topological polar surface area (TPSA) is 61.4 Å². The van der Waals surface area contributed by atoms with Crippen molar-refractivity contribution >= 4 is 11.9 Å². The molecule has 1 atom stereocenters. The molecule has 0 radical (unpaired) electrons. The number of carbonyl (C=O) groups is 2. The number of rotatable bonds is 4. The van der Waals surface area contributed by atoms with E-state index < -0.39 is 0 Å². The van der Waals surface area contributed by atoms with E-state index >= 15 is 0 Å². The summed E-state index contributed by atoms with van der Waals surface area (Å²) in [6, 6.07) is -0.0588. The predicted octanol–water partition coefficient (Wildman–Crippen LogP) is 2.27. The Bertz CT molecular complexity index is 365. The lowest BCUT2D eigenvalue weighted by Gasteiger charge is -2.28. The zero-order valence-electron chi connectivity index (χ0n) is 13.4. The molecule has 1 aliphatic carbocycles. The van der Waals surface area contributed by atoms with Crippen molar-refractivity contribution in [3.63, 3.8) is 0 Å². The maximum atomic E-state index is 12.4. The summed E-state index contributed by atoms with van der Waals surface area (Å²) in [7, 11) is 0. The molecule has 1 saturated carbocycles. The van der Waals surface area contributed by atoms with E-state index in [0.717, 1.165) is 25.7 Å². The summed E-state index contributed by atoms with van der Waals surface area (Å²) < 4.78 is 0. The van der Waals surface area contributed by atoms with Crippen LogP contribution in [0.5, 0.6) is 0 Å². The lowest BCUT2D eigenvalue weighted by Crippen LogP contribution is -2.52. The number of nitrogens with one attached hydrogen (secondary N) is 2. The van der Waals surface area contributed by atoms with Crippen molar-refractivity contribution in [2.45, 2.75) is 70.9 Å². The fourth-order valence-electron chi connectivity index (χ4n) is 3.22. The van der Waals surface area contributed by atoms with Crippen molar-refractivity contribution < 1.29 is 9.59 Å². The summed E-state index contributed by atoms with van der Waals surface area (Å²) in [5.41, 5.74) is 0. The van der Waals surface area contributed by atoms with E-state index in [-0.39, 0.29) is 18.0 Å². The number of carbonyl (C=O) groups excluding carboxylic acids is 2. The predicted molar refractivity (Wildman–Crippen MR) is 83.0 cm³/mol. The van der Waals surface area contributed by atoms with Crippen LogP contribution in [0.2, 0.25) is 0 Å². The fraction of sp³-hybridized carbons (Fsp3) is 0.875. The Morgan fingerprint density at radius 2 is 1.81 bits per heavy atom. The minimum atomic E-state index is -0.279. The van der Waals surface area contributed by atoms with E-state index in [1.807, 2.05) is 0 Å². The maximum Gasteiger partial charge on any atom is 0.318 e. The van der Waals surface area contributed by atoms with Gasteiger partial charge in [-0.15, -0.1) is 0 Å². The Kier molecular flexibility index (Phi) is 5.88. The van der Waals surface area contributed by atoms with Crippen LogP contribution in [0.15, 0.2) is 0 Å². The highest BCUT2D eigenvalue weighted by atomic mass is 16.2. The average Bonchev–Trinajstić information content (AvgIpc) is 2.95. The zero-order valence-corrected chi connectivity index (χ0v) is 13.4. The third-order valence-corrected chi connectivity index (χ3v) is 4.43. The molecule has 1 saturated heterocycles. The first-order valence-electron chi connectivity index (χ1n) is 8.42. The maximum absolute atomic E-state index is 12.4. The smallest absolute Gasteiger partial charge is 0.318 e. The molecule has 0 bridgehead atoms. The van der Waals surface area contributed by atoms with Gasteiger partial charge in [-0.1, -0.05) is 33.1 Å². The number of urea groups is 1. The molecule has 120 valence electrons. The van der Waals surface area contributed by atoms with Gasteiger partial charge in [-0.3, -0.25) is 4.79 Å². The van der Waals surface area contributed by atoms with Crippen LogP contribution in [0.1, 0.15) is 58.8 Å². The zero-order chi connectivity index (χ0) is 15.2. The Hall–Kier alpha value is -1.26. The molecule has 2 rings (SSSR count). The van der Waals surface area contributed by atoms with Crippen molar-refractivity contribution in [2.75, 3.05) is 13.1 Å². The molecule has 1 unspecified atom stereocenters. The van der Waals surface area contributed by atoms with Crippen LogP contribution < -0.4 is 10.6 Å². The van der Waals surface area contributed by atoms with Crippen LogP contribution in [0, 0.1) is 5.92 Å². The van der Waals surface area contributed by atoms with Crippen molar-refractivity contribution in [2.24, 2.45) is 5.92 Å². The standard InChI is InChI=1S/C16H29N3O2/c1-12(2)11-17-16(21)19-10-6-9-14(19)15(20)18-13-7-4-3-5-8-13/h12-14H,3-11H2,1-2H3,(H,17,21)(H,18,20). The molecule has 21 heavy (non-hydrogen) atoms. The minimum absolute atomic E-state index is 0.0408. The number of likely N-dealkylation sites (tertiary alicyclic amines) is 1. The molecule has 0 aromatic carbocycles. The molecule has 5 heteroatoms. The summed E-state index contributed by atoms with van der Waals surface area (Å²) in [6.45, 7) is 5.48. The second kappa shape index (κ2) is 7.66. The first-order chi connectivity index (χ1) is 10.1. The highest BCUT2D eigenvalue weighted by Gasteiger charge is 2.34. The Morgan fingerprint density at radius 1 is 1.10 bits per heavy atom.